The highest BCUT2D eigenvalue weighted by Crippen LogP contribution is 2.14. The van der Waals surface area contributed by atoms with Gasteiger partial charge in [0.15, 0.2) is 0 Å². The summed E-state index contributed by atoms with van der Waals surface area (Å²) in [6.07, 6.45) is 5.86. The summed E-state index contributed by atoms with van der Waals surface area (Å²) in [6.45, 7) is 8.00. The van der Waals surface area contributed by atoms with E-state index in [4.69, 9.17) is 0 Å². The van der Waals surface area contributed by atoms with Gasteiger partial charge in [-0.15, -0.1) is 6.58 Å². The van der Waals surface area contributed by atoms with Crippen LogP contribution in [-0.4, -0.2) is 15.8 Å². The van der Waals surface area contributed by atoms with E-state index in [2.05, 4.69) is 37.0 Å². The topological polar surface area (TPSA) is 29.9 Å². The number of rotatable bonds is 5. The third-order valence-electron chi connectivity index (χ3n) is 2.99. The molecule has 2 rings (SSSR count). The lowest BCUT2D eigenvalue weighted by atomic mass is 10.1. The molecule has 0 aliphatic carbocycles. The minimum absolute atomic E-state index is 0.260. The molecule has 0 bridgehead atoms. The Morgan fingerprint density at radius 1 is 1.28 bits per heavy atom. The Bertz CT molecular complexity index is 501. The summed E-state index contributed by atoms with van der Waals surface area (Å²) < 4.78 is 1.89. The second-order valence-electron chi connectivity index (χ2n) is 4.47. The number of para-hydroxylation sites is 1. The van der Waals surface area contributed by atoms with Crippen LogP contribution in [0.1, 0.15) is 25.5 Å². The number of hydrogen-bond donors (Lipinski definition) is 1. The van der Waals surface area contributed by atoms with Gasteiger partial charge in [-0.25, -0.2) is 4.68 Å². The second kappa shape index (κ2) is 5.65. The van der Waals surface area contributed by atoms with Crippen molar-refractivity contribution in [2.24, 2.45) is 0 Å². The summed E-state index contributed by atoms with van der Waals surface area (Å²) in [6, 6.07) is 10.7. The molecule has 0 aliphatic rings. The molecule has 3 nitrogen and oxygen atoms in total. The Labute approximate surface area is 108 Å². The van der Waals surface area contributed by atoms with Gasteiger partial charge in [-0.05, 0) is 26.0 Å². The van der Waals surface area contributed by atoms with Gasteiger partial charge in [-0.1, -0.05) is 24.3 Å². The minimum Gasteiger partial charge on any atom is -0.304 e. The molecule has 1 heterocycles. The van der Waals surface area contributed by atoms with Crippen molar-refractivity contribution in [1.82, 2.24) is 15.1 Å². The van der Waals surface area contributed by atoms with Crippen molar-refractivity contribution >= 4 is 0 Å². The van der Waals surface area contributed by atoms with Crippen molar-refractivity contribution in [3.05, 3.63) is 60.9 Å². The number of nitrogens with one attached hydrogen (secondary N) is 1. The molecule has 1 aromatic heterocycles. The van der Waals surface area contributed by atoms with Crippen molar-refractivity contribution in [3.63, 3.8) is 0 Å². The fourth-order valence-electron chi connectivity index (χ4n) is 1.84. The first-order valence-electron chi connectivity index (χ1n) is 6.19. The van der Waals surface area contributed by atoms with Crippen LogP contribution in [0.25, 0.3) is 5.69 Å². The lowest BCUT2D eigenvalue weighted by Gasteiger charge is -2.15. The molecule has 1 aromatic carbocycles. The fraction of sp³-hybridized carbons (Fsp3) is 0.267. The van der Waals surface area contributed by atoms with E-state index in [0.29, 0.717) is 6.04 Å². The second-order valence-corrected chi connectivity index (χ2v) is 4.47. The third kappa shape index (κ3) is 2.87. The summed E-state index contributed by atoms with van der Waals surface area (Å²) in [4.78, 5) is 0. The Morgan fingerprint density at radius 3 is 2.67 bits per heavy atom. The predicted molar refractivity (Wildman–Crippen MR) is 74.8 cm³/mol. The molecule has 2 aromatic rings. The van der Waals surface area contributed by atoms with E-state index < -0.39 is 0 Å². The van der Waals surface area contributed by atoms with Crippen LogP contribution in [-0.2, 0) is 0 Å². The van der Waals surface area contributed by atoms with E-state index in [9.17, 15) is 0 Å². The van der Waals surface area contributed by atoms with Gasteiger partial charge in [0.2, 0.25) is 0 Å². The Hall–Kier alpha value is -1.87. The number of benzene rings is 1. The van der Waals surface area contributed by atoms with Crippen LogP contribution in [0.3, 0.4) is 0 Å². The molecule has 0 saturated carbocycles. The molecule has 3 heteroatoms. The maximum absolute atomic E-state index is 4.39. The van der Waals surface area contributed by atoms with Gasteiger partial charge in [0.05, 0.1) is 11.9 Å². The number of nitrogens with zero attached hydrogens (tertiary/aromatic N) is 2. The Kier molecular flexibility index (Phi) is 3.95. The quantitative estimate of drug-likeness (QED) is 0.815. The predicted octanol–water partition coefficient (Wildman–Crippen LogP) is 3.10. The van der Waals surface area contributed by atoms with Gasteiger partial charge < -0.3 is 5.32 Å². The first kappa shape index (κ1) is 12.6. The van der Waals surface area contributed by atoms with Crippen LogP contribution < -0.4 is 5.32 Å². The molecular formula is C15H19N3. The standard InChI is InChI=1S/C15H19N3/c1-4-12(2)17-13(3)14-10-16-18(11-14)15-8-6-5-7-9-15/h4-13,17H,1H2,2-3H3. The summed E-state index contributed by atoms with van der Waals surface area (Å²) in [5.74, 6) is 0. The highest BCUT2D eigenvalue weighted by atomic mass is 15.3. The molecular weight excluding hydrogens is 222 g/mol. The van der Waals surface area contributed by atoms with E-state index in [0.717, 1.165) is 5.69 Å². The van der Waals surface area contributed by atoms with Crippen LogP contribution in [0.5, 0.6) is 0 Å². The van der Waals surface area contributed by atoms with Crippen molar-refractivity contribution < 1.29 is 0 Å². The van der Waals surface area contributed by atoms with Gasteiger partial charge in [0.25, 0.3) is 0 Å². The van der Waals surface area contributed by atoms with Gasteiger partial charge in [0, 0.05) is 23.8 Å². The first-order chi connectivity index (χ1) is 8.70. The molecule has 0 saturated heterocycles. The van der Waals surface area contributed by atoms with Gasteiger partial charge in [-0.3, -0.25) is 0 Å². The van der Waals surface area contributed by atoms with Crippen LogP contribution in [0, 0.1) is 0 Å². The van der Waals surface area contributed by atoms with E-state index >= 15 is 0 Å². The van der Waals surface area contributed by atoms with Crippen molar-refractivity contribution in [2.45, 2.75) is 25.9 Å². The highest BCUT2D eigenvalue weighted by molar-refractivity contribution is 5.31. The van der Waals surface area contributed by atoms with Crippen LogP contribution in [0.15, 0.2) is 55.4 Å². The van der Waals surface area contributed by atoms with E-state index in [1.54, 1.807) is 0 Å². The lowest BCUT2D eigenvalue weighted by molar-refractivity contribution is 0.537. The maximum Gasteiger partial charge on any atom is 0.0645 e. The summed E-state index contributed by atoms with van der Waals surface area (Å²) in [5, 5.41) is 7.83. The van der Waals surface area contributed by atoms with Crippen LogP contribution >= 0.6 is 0 Å². The minimum atomic E-state index is 0.260. The zero-order valence-electron chi connectivity index (χ0n) is 10.9. The average molecular weight is 241 g/mol. The van der Waals surface area contributed by atoms with Gasteiger partial charge in [0.1, 0.15) is 0 Å². The zero-order valence-corrected chi connectivity index (χ0v) is 10.9. The average Bonchev–Trinajstić information content (AvgIpc) is 2.89. The maximum atomic E-state index is 4.39. The highest BCUT2D eigenvalue weighted by Gasteiger charge is 2.09. The molecule has 18 heavy (non-hydrogen) atoms. The number of hydrogen-bond acceptors (Lipinski definition) is 2. The van der Waals surface area contributed by atoms with Gasteiger partial charge in [-0.2, -0.15) is 5.10 Å². The van der Waals surface area contributed by atoms with E-state index in [-0.39, 0.29) is 6.04 Å². The van der Waals surface area contributed by atoms with E-state index in [1.807, 2.05) is 47.3 Å². The largest absolute Gasteiger partial charge is 0.304 e. The van der Waals surface area contributed by atoms with Crippen LogP contribution in [0.2, 0.25) is 0 Å². The van der Waals surface area contributed by atoms with Crippen molar-refractivity contribution in [1.29, 1.82) is 0 Å². The molecule has 0 amide bonds. The van der Waals surface area contributed by atoms with Crippen LogP contribution in [0.4, 0.5) is 0 Å². The molecule has 0 radical (unpaired) electrons. The summed E-state index contributed by atoms with van der Waals surface area (Å²) >= 11 is 0. The molecule has 0 spiro atoms. The van der Waals surface area contributed by atoms with E-state index in [1.165, 1.54) is 5.56 Å². The summed E-state index contributed by atoms with van der Waals surface area (Å²) in [7, 11) is 0. The fourth-order valence-corrected chi connectivity index (χ4v) is 1.84. The van der Waals surface area contributed by atoms with Gasteiger partial charge >= 0.3 is 0 Å². The Morgan fingerprint density at radius 2 is 2.00 bits per heavy atom. The molecule has 0 aliphatic heterocycles. The van der Waals surface area contributed by atoms with Crippen molar-refractivity contribution in [2.75, 3.05) is 0 Å². The monoisotopic (exact) mass is 241 g/mol. The smallest absolute Gasteiger partial charge is 0.0645 e. The molecule has 2 atom stereocenters. The molecule has 2 unspecified atom stereocenters. The van der Waals surface area contributed by atoms with Crippen molar-refractivity contribution in [3.8, 4) is 5.69 Å². The Balaban J connectivity index is 2.13. The summed E-state index contributed by atoms with van der Waals surface area (Å²) in [5.41, 5.74) is 2.25. The first-order valence-corrected chi connectivity index (χ1v) is 6.19. The molecule has 1 N–H and O–H groups in total. The third-order valence-corrected chi connectivity index (χ3v) is 2.99. The molecule has 0 fully saturated rings. The number of aromatic nitrogens is 2. The lowest BCUT2D eigenvalue weighted by Crippen LogP contribution is -2.26. The normalized spacial score (nSPS) is 14.1. The SMILES string of the molecule is C=CC(C)NC(C)c1cnn(-c2ccccc2)c1. The zero-order chi connectivity index (χ0) is 13.0. The molecule has 94 valence electrons.